The maximum absolute atomic E-state index is 10.6. The van der Waals surface area contributed by atoms with E-state index in [1.165, 1.54) is 12.1 Å². The number of rotatable bonds is 8. The van der Waals surface area contributed by atoms with Crippen molar-refractivity contribution in [1.82, 2.24) is 10.8 Å². The third-order valence-electron chi connectivity index (χ3n) is 3.45. The van der Waals surface area contributed by atoms with Gasteiger partial charge in [0.2, 0.25) is 0 Å². The Morgan fingerprint density at radius 1 is 1.04 bits per heavy atom. The Labute approximate surface area is 149 Å². The molecule has 138 valence electrons. The molecule has 0 bridgehead atoms. The summed E-state index contributed by atoms with van der Waals surface area (Å²) in [5, 5.41) is 11.3. The number of hydrogen-bond acceptors (Lipinski definition) is 9. The molecule has 0 amide bonds. The fraction of sp³-hybridized carbons (Fsp3) is 0.200. The molecule has 1 aliphatic heterocycles. The fourth-order valence-electron chi connectivity index (χ4n) is 2.15. The Kier molecular flexibility index (Phi) is 5.44. The molecule has 0 unspecified atom stereocenters. The van der Waals surface area contributed by atoms with Crippen molar-refractivity contribution in [3.63, 3.8) is 0 Å². The summed E-state index contributed by atoms with van der Waals surface area (Å²) in [7, 11) is -3.85. The van der Waals surface area contributed by atoms with Gasteiger partial charge in [-0.25, -0.2) is 5.43 Å². The molecular weight excluding hydrogens is 366 g/mol. The van der Waals surface area contributed by atoms with Crippen molar-refractivity contribution in [1.29, 1.82) is 0 Å². The minimum Gasteiger partial charge on any atom is -0.489 e. The summed E-state index contributed by atoms with van der Waals surface area (Å²) in [4.78, 5) is 10.2. The Balaban J connectivity index is 1.42. The van der Waals surface area contributed by atoms with E-state index in [2.05, 4.69) is 14.0 Å². The maximum Gasteiger partial charge on any atom is 0.439 e. The van der Waals surface area contributed by atoms with Gasteiger partial charge in [-0.3, -0.25) is 10.1 Å². The van der Waals surface area contributed by atoms with Crippen LogP contribution in [0.3, 0.4) is 0 Å². The van der Waals surface area contributed by atoms with Crippen LogP contribution < -0.4 is 10.2 Å². The Bertz CT molecular complexity index is 857. The van der Waals surface area contributed by atoms with Gasteiger partial charge in [-0.15, -0.1) is 8.57 Å². The number of hydrazine groups is 1. The fourth-order valence-corrected chi connectivity index (χ4v) is 2.60. The van der Waals surface area contributed by atoms with Gasteiger partial charge >= 0.3 is 10.4 Å². The average Bonchev–Trinajstić information content (AvgIpc) is 2.60. The molecule has 1 heterocycles. The second kappa shape index (κ2) is 7.76. The molecule has 0 radical (unpaired) electrons. The molecule has 26 heavy (non-hydrogen) atoms. The van der Waals surface area contributed by atoms with Crippen molar-refractivity contribution < 1.29 is 26.6 Å². The molecule has 1 saturated heterocycles. The second-order valence-electron chi connectivity index (χ2n) is 5.33. The number of hydrogen-bond donors (Lipinski definition) is 1. The first-order valence-electron chi connectivity index (χ1n) is 7.54. The molecule has 0 atom stereocenters. The molecule has 0 aliphatic carbocycles. The number of nitrogens with one attached hydrogen (secondary N) is 1. The monoisotopic (exact) mass is 381 g/mol. The van der Waals surface area contributed by atoms with Crippen LogP contribution in [0.5, 0.6) is 5.75 Å². The van der Waals surface area contributed by atoms with Gasteiger partial charge in [-0.1, -0.05) is 12.1 Å². The van der Waals surface area contributed by atoms with Gasteiger partial charge in [-0.05, 0) is 41.8 Å². The van der Waals surface area contributed by atoms with Gasteiger partial charge in [0.15, 0.2) is 0 Å². The SMILES string of the molecule is O=[N+]([O-])c1ccc(COc2ccc(CCNN3OS(=O)(=O)O3)cc2)cc1. The van der Waals surface area contributed by atoms with Gasteiger partial charge in [0.05, 0.1) is 4.92 Å². The molecule has 2 aromatic carbocycles. The highest BCUT2D eigenvalue weighted by Crippen LogP contribution is 2.17. The summed E-state index contributed by atoms with van der Waals surface area (Å²) in [6.45, 7) is 0.718. The molecule has 0 saturated carbocycles. The predicted molar refractivity (Wildman–Crippen MR) is 88.5 cm³/mol. The second-order valence-corrected chi connectivity index (χ2v) is 6.44. The molecule has 0 spiro atoms. The van der Waals surface area contributed by atoms with Gasteiger partial charge in [0, 0.05) is 24.0 Å². The molecule has 3 rings (SSSR count). The summed E-state index contributed by atoms with van der Waals surface area (Å²) < 4.78 is 35.4. The van der Waals surface area contributed by atoms with E-state index in [0.717, 1.165) is 11.1 Å². The quantitative estimate of drug-likeness (QED) is 0.537. The summed E-state index contributed by atoms with van der Waals surface area (Å²) in [5.74, 6) is 0.667. The molecule has 10 nitrogen and oxygen atoms in total. The highest BCUT2D eigenvalue weighted by molar-refractivity contribution is 7.82. The number of ether oxygens (including phenoxy) is 1. The largest absolute Gasteiger partial charge is 0.489 e. The first-order chi connectivity index (χ1) is 12.4. The van der Waals surface area contributed by atoms with E-state index in [0.29, 0.717) is 30.7 Å². The predicted octanol–water partition coefficient (Wildman–Crippen LogP) is 1.64. The molecule has 11 heteroatoms. The van der Waals surface area contributed by atoms with Crippen LogP contribution in [0, 0.1) is 10.1 Å². The third kappa shape index (κ3) is 4.97. The van der Waals surface area contributed by atoms with Crippen LogP contribution in [0.25, 0.3) is 0 Å². The molecule has 1 fully saturated rings. The maximum atomic E-state index is 10.6. The van der Waals surface area contributed by atoms with E-state index in [4.69, 9.17) is 4.74 Å². The molecule has 2 aromatic rings. The minimum absolute atomic E-state index is 0.0401. The molecular formula is C15H15N3O7S. The number of nitro groups is 1. The smallest absolute Gasteiger partial charge is 0.439 e. The van der Waals surface area contributed by atoms with E-state index >= 15 is 0 Å². The van der Waals surface area contributed by atoms with Crippen LogP contribution in [0.15, 0.2) is 48.5 Å². The van der Waals surface area contributed by atoms with Crippen LogP contribution in [0.1, 0.15) is 11.1 Å². The van der Waals surface area contributed by atoms with Crippen LogP contribution in [0.4, 0.5) is 5.69 Å². The zero-order chi connectivity index (χ0) is 18.6. The topological polar surface area (TPSA) is 120 Å². The van der Waals surface area contributed by atoms with Crippen molar-refractivity contribution >= 4 is 16.1 Å². The number of nitrogens with zero attached hydrogens (tertiary/aromatic N) is 2. The highest BCUT2D eigenvalue weighted by atomic mass is 32.3. The summed E-state index contributed by atoms with van der Waals surface area (Å²) in [6, 6.07) is 13.5. The van der Waals surface area contributed by atoms with Crippen molar-refractivity contribution in [2.24, 2.45) is 0 Å². The zero-order valence-corrected chi connectivity index (χ0v) is 14.2. The van der Waals surface area contributed by atoms with Crippen molar-refractivity contribution in [3.05, 3.63) is 69.8 Å². The van der Waals surface area contributed by atoms with Crippen LogP contribution >= 0.6 is 0 Å². The lowest BCUT2D eigenvalue weighted by Gasteiger charge is -2.25. The number of non-ortho nitro benzene ring substituents is 1. The highest BCUT2D eigenvalue weighted by Gasteiger charge is 2.35. The summed E-state index contributed by atoms with van der Waals surface area (Å²) in [6.07, 6.45) is 0.617. The van der Waals surface area contributed by atoms with Gasteiger partial charge in [0.25, 0.3) is 5.69 Å². The number of benzene rings is 2. The van der Waals surface area contributed by atoms with E-state index in [1.54, 1.807) is 12.1 Å². The average molecular weight is 381 g/mol. The zero-order valence-electron chi connectivity index (χ0n) is 13.4. The van der Waals surface area contributed by atoms with E-state index < -0.39 is 15.3 Å². The van der Waals surface area contributed by atoms with Crippen molar-refractivity contribution in [3.8, 4) is 5.75 Å². The number of nitro benzene ring substituents is 1. The molecule has 0 aromatic heterocycles. The first-order valence-corrected chi connectivity index (χ1v) is 8.87. The molecule has 1 N–H and O–H groups in total. The lowest BCUT2D eigenvalue weighted by atomic mass is 10.1. The summed E-state index contributed by atoms with van der Waals surface area (Å²) in [5.41, 5.74) is 4.50. The van der Waals surface area contributed by atoms with Gasteiger partial charge in [-0.2, -0.15) is 8.42 Å². The van der Waals surface area contributed by atoms with E-state index in [-0.39, 0.29) is 5.69 Å². The van der Waals surface area contributed by atoms with Gasteiger partial charge < -0.3 is 4.74 Å². The van der Waals surface area contributed by atoms with Crippen LogP contribution in [-0.4, -0.2) is 25.2 Å². The Hall–Kier alpha value is -2.57. The van der Waals surface area contributed by atoms with E-state index in [1.807, 2.05) is 24.3 Å². The van der Waals surface area contributed by atoms with Crippen LogP contribution in [0.2, 0.25) is 0 Å². The third-order valence-corrected chi connectivity index (χ3v) is 4.08. The summed E-state index contributed by atoms with van der Waals surface area (Å²) >= 11 is 0. The van der Waals surface area contributed by atoms with Crippen molar-refractivity contribution in [2.75, 3.05) is 6.54 Å². The standard InChI is InChI=1S/C15H15N3O7S/c19-17(20)14-5-1-13(2-6-14)11-23-15-7-3-12(4-8-15)9-10-16-18-24-26(21,22)25-18/h1-8,16H,9-11H2. The van der Waals surface area contributed by atoms with E-state index in [9.17, 15) is 18.5 Å². The Morgan fingerprint density at radius 2 is 1.65 bits per heavy atom. The lowest BCUT2D eigenvalue weighted by Crippen LogP contribution is -2.50. The van der Waals surface area contributed by atoms with Crippen LogP contribution in [-0.2, 0) is 32.0 Å². The van der Waals surface area contributed by atoms with Gasteiger partial charge in [0.1, 0.15) is 12.4 Å². The van der Waals surface area contributed by atoms with Crippen molar-refractivity contribution in [2.45, 2.75) is 13.0 Å². The first kappa shape index (κ1) is 18.2. The molecule has 1 aliphatic rings. The Morgan fingerprint density at radius 3 is 2.23 bits per heavy atom. The lowest BCUT2D eigenvalue weighted by molar-refractivity contribution is -0.384. The minimum atomic E-state index is -3.85. The normalized spacial score (nSPS) is 16.0.